The van der Waals surface area contributed by atoms with E-state index in [2.05, 4.69) is 0 Å². The number of hydrogen-bond donors (Lipinski definition) is 1. The molecule has 4 nitrogen and oxygen atoms in total. The number of ether oxygens (including phenoxy) is 1. The average molecular weight is 270 g/mol. The average Bonchev–Trinajstić information content (AvgIpc) is 2.30. The van der Waals surface area contributed by atoms with Crippen molar-refractivity contribution in [3.63, 3.8) is 0 Å². The first kappa shape index (κ1) is 14.4. The zero-order chi connectivity index (χ0) is 13.7. The molecule has 0 aromatic heterocycles. The maximum Gasteiger partial charge on any atom is 0.328 e. The van der Waals surface area contributed by atoms with Gasteiger partial charge in [-0.25, -0.2) is 4.79 Å². The van der Waals surface area contributed by atoms with Gasteiger partial charge in [0.1, 0.15) is 5.75 Å². The van der Waals surface area contributed by atoms with Crippen LogP contribution in [0.4, 0.5) is 5.69 Å². The van der Waals surface area contributed by atoms with Gasteiger partial charge in [-0.1, -0.05) is 17.7 Å². The Kier molecular flexibility index (Phi) is 5.04. The largest absolute Gasteiger partial charge is 0.495 e. The third-order valence-electron chi connectivity index (χ3n) is 2.52. The molecule has 5 heteroatoms. The number of methoxy groups -OCH3 is 1. The second-order valence-corrected chi connectivity index (χ2v) is 4.30. The predicted octanol–water partition coefficient (Wildman–Crippen LogP) is 2.73. The fourth-order valence-corrected chi connectivity index (χ4v) is 1.86. The third-order valence-corrected chi connectivity index (χ3v) is 2.82. The van der Waals surface area contributed by atoms with Gasteiger partial charge < -0.3 is 14.7 Å². The molecule has 18 heavy (non-hydrogen) atoms. The molecule has 1 rings (SSSR count). The van der Waals surface area contributed by atoms with Gasteiger partial charge >= 0.3 is 5.97 Å². The van der Waals surface area contributed by atoms with Crippen molar-refractivity contribution in [2.24, 2.45) is 0 Å². The Labute approximate surface area is 111 Å². The summed E-state index contributed by atoms with van der Waals surface area (Å²) in [5.74, 6) is -0.319. The van der Waals surface area contributed by atoms with E-state index in [4.69, 9.17) is 21.4 Å². The Morgan fingerprint density at radius 1 is 1.56 bits per heavy atom. The number of benzene rings is 1. The Bertz CT molecular complexity index is 472. The number of carboxylic acid groups (broad SMARTS) is 1. The van der Waals surface area contributed by atoms with Crippen LogP contribution in [0.3, 0.4) is 0 Å². The van der Waals surface area contributed by atoms with Crippen LogP contribution in [-0.2, 0) is 4.79 Å². The van der Waals surface area contributed by atoms with Crippen molar-refractivity contribution in [2.45, 2.75) is 6.92 Å². The van der Waals surface area contributed by atoms with Gasteiger partial charge in [0.05, 0.1) is 12.1 Å². The van der Waals surface area contributed by atoms with E-state index in [-0.39, 0.29) is 0 Å². The van der Waals surface area contributed by atoms with Crippen LogP contribution in [0.25, 0.3) is 0 Å². The molecular weight excluding hydrogens is 254 g/mol. The lowest BCUT2D eigenvalue weighted by Gasteiger charge is -2.20. The van der Waals surface area contributed by atoms with E-state index < -0.39 is 5.97 Å². The van der Waals surface area contributed by atoms with Crippen LogP contribution >= 0.6 is 11.6 Å². The molecule has 0 unspecified atom stereocenters. The Morgan fingerprint density at radius 3 is 2.78 bits per heavy atom. The highest BCUT2D eigenvalue weighted by Gasteiger charge is 2.09. The summed E-state index contributed by atoms with van der Waals surface area (Å²) in [5.41, 5.74) is 1.96. The molecule has 0 saturated carbocycles. The maximum atomic E-state index is 10.4. The van der Waals surface area contributed by atoms with Crippen LogP contribution in [0.5, 0.6) is 5.75 Å². The molecule has 0 heterocycles. The normalized spacial score (nSPS) is 10.7. The summed E-state index contributed by atoms with van der Waals surface area (Å²) >= 11 is 6.07. The van der Waals surface area contributed by atoms with Gasteiger partial charge in [0.25, 0.3) is 0 Å². The molecule has 0 radical (unpaired) electrons. The minimum atomic E-state index is -0.951. The second kappa shape index (κ2) is 6.31. The van der Waals surface area contributed by atoms with E-state index in [1.54, 1.807) is 13.2 Å². The molecule has 0 atom stereocenters. The Hall–Kier alpha value is -1.68. The molecule has 1 aromatic rings. The van der Waals surface area contributed by atoms with Crippen molar-refractivity contribution in [1.29, 1.82) is 0 Å². The monoisotopic (exact) mass is 269 g/mol. The zero-order valence-corrected chi connectivity index (χ0v) is 11.4. The SMILES string of the molecule is COc1cc(C)c(N(C)C/C=C/C(=O)O)cc1Cl. The number of likely N-dealkylation sites (N-methyl/N-ethyl adjacent to an activating group) is 1. The van der Waals surface area contributed by atoms with Crippen molar-refractivity contribution in [2.75, 3.05) is 25.6 Å². The summed E-state index contributed by atoms with van der Waals surface area (Å²) in [6.07, 6.45) is 2.71. The molecule has 0 fully saturated rings. The molecule has 1 N–H and O–H groups in total. The van der Waals surface area contributed by atoms with Crippen LogP contribution in [-0.4, -0.2) is 31.8 Å². The van der Waals surface area contributed by atoms with Crippen molar-refractivity contribution in [3.8, 4) is 5.75 Å². The minimum Gasteiger partial charge on any atom is -0.495 e. The number of aryl methyl sites for hydroxylation is 1. The van der Waals surface area contributed by atoms with Crippen molar-refractivity contribution >= 4 is 23.3 Å². The van der Waals surface area contributed by atoms with E-state index in [1.165, 1.54) is 0 Å². The Morgan fingerprint density at radius 2 is 2.22 bits per heavy atom. The van der Waals surface area contributed by atoms with Crippen LogP contribution in [0.15, 0.2) is 24.3 Å². The van der Waals surface area contributed by atoms with Crippen molar-refractivity contribution in [3.05, 3.63) is 34.9 Å². The number of aliphatic carboxylic acids is 1. The highest BCUT2D eigenvalue weighted by molar-refractivity contribution is 6.32. The van der Waals surface area contributed by atoms with Gasteiger partial charge in [-0.15, -0.1) is 0 Å². The number of nitrogens with zero attached hydrogens (tertiary/aromatic N) is 1. The number of anilines is 1. The van der Waals surface area contributed by atoms with Crippen LogP contribution in [0.1, 0.15) is 5.56 Å². The molecule has 0 aliphatic heterocycles. The van der Waals surface area contributed by atoms with Crippen LogP contribution in [0.2, 0.25) is 5.02 Å². The van der Waals surface area contributed by atoms with Gasteiger partial charge in [0, 0.05) is 25.4 Å². The lowest BCUT2D eigenvalue weighted by atomic mass is 10.1. The maximum absolute atomic E-state index is 10.4. The second-order valence-electron chi connectivity index (χ2n) is 3.89. The summed E-state index contributed by atoms with van der Waals surface area (Å²) in [6, 6.07) is 3.67. The predicted molar refractivity (Wildman–Crippen MR) is 72.8 cm³/mol. The molecule has 0 amide bonds. The van der Waals surface area contributed by atoms with E-state index in [1.807, 2.05) is 31.0 Å². The standard InChI is InChI=1S/C13H16ClNO3/c1-9-7-12(18-3)10(14)8-11(9)15(2)6-4-5-13(16)17/h4-5,7-8H,6H2,1-3H3,(H,16,17)/b5-4+. The van der Waals surface area contributed by atoms with Gasteiger partial charge in [0.15, 0.2) is 0 Å². The van der Waals surface area contributed by atoms with Gasteiger partial charge in [-0.05, 0) is 24.6 Å². The lowest BCUT2D eigenvalue weighted by molar-refractivity contribution is -0.131. The molecule has 0 spiro atoms. The summed E-state index contributed by atoms with van der Waals surface area (Å²) in [4.78, 5) is 12.3. The van der Waals surface area contributed by atoms with Gasteiger partial charge in [-0.3, -0.25) is 0 Å². The summed E-state index contributed by atoms with van der Waals surface area (Å²) in [5, 5.41) is 9.06. The topological polar surface area (TPSA) is 49.8 Å². The van der Waals surface area contributed by atoms with Gasteiger partial charge in [0.2, 0.25) is 0 Å². The lowest BCUT2D eigenvalue weighted by Crippen LogP contribution is -2.18. The summed E-state index contributed by atoms with van der Waals surface area (Å²) in [6.45, 7) is 2.45. The number of carbonyl (C=O) groups is 1. The van der Waals surface area contributed by atoms with Crippen molar-refractivity contribution in [1.82, 2.24) is 0 Å². The fraction of sp³-hybridized carbons (Fsp3) is 0.308. The quantitative estimate of drug-likeness (QED) is 0.835. The highest BCUT2D eigenvalue weighted by atomic mass is 35.5. The first-order chi connectivity index (χ1) is 8.45. The number of carboxylic acids is 1. The van der Waals surface area contributed by atoms with Crippen molar-refractivity contribution < 1.29 is 14.6 Å². The number of hydrogen-bond acceptors (Lipinski definition) is 3. The highest BCUT2D eigenvalue weighted by Crippen LogP contribution is 2.32. The summed E-state index contributed by atoms with van der Waals surface area (Å²) in [7, 11) is 3.44. The van der Waals surface area contributed by atoms with Gasteiger partial charge in [-0.2, -0.15) is 0 Å². The Balaban J connectivity index is 2.89. The zero-order valence-electron chi connectivity index (χ0n) is 10.6. The van der Waals surface area contributed by atoms with E-state index >= 15 is 0 Å². The van der Waals surface area contributed by atoms with E-state index in [9.17, 15) is 4.79 Å². The molecule has 0 aliphatic carbocycles. The molecule has 0 bridgehead atoms. The number of halogens is 1. The van der Waals surface area contributed by atoms with Crippen LogP contribution < -0.4 is 9.64 Å². The third kappa shape index (κ3) is 3.67. The molecular formula is C13H16ClNO3. The molecule has 0 aliphatic rings. The molecule has 98 valence electrons. The molecule has 0 saturated heterocycles. The smallest absolute Gasteiger partial charge is 0.328 e. The first-order valence-electron chi connectivity index (χ1n) is 5.40. The minimum absolute atomic E-state index is 0.496. The summed E-state index contributed by atoms with van der Waals surface area (Å²) < 4.78 is 5.13. The molecule has 1 aromatic carbocycles. The van der Waals surface area contributed by atoms with E-state index in [0.717, 1.165) is 17.3 Å². The number of rotatable bonds is 5. The van der Waals surface area contributed by atoms with Crippen LogP contribution in [0, 0.1) is 6.92 Å². The fourth-order valence-electron chi connectivity index (χ4n) is 1.62. The van der Waals surface area contributed by atoms with E-state index in [0.29, 0.717) is 17.3 Å². The first-order valence-corrected chi connectivity index (χ1v) is 5.78.